The molecule has 1 amide bonds. The van der Waals surface area contributed by atoms with E-state index in [2.05, 4.69) is 21.3 Å². The third kappa shape index (κ3) is 4.25. The first-order valence-corrected chi connectivity index (χ1v) is 9.96. The third-order valence-electron chi connectivity index (χ3n) is 4.94. The van der Waals surface area contributed by atoms with E-state index >= 15 is 0 Å². The van der Waals surface area contributed by atoms with E-state index in [1.807, 2.05) is 23.6 Å². The van der Waals surface area contributed by atoms with Crippen molar-refractivity contribution in [3.05, 3.63) is 45.7 Å². The van der Waals surface area contributed by atoms with Crippen molar-refractivity contribution in [1.29, 1.82) is 0 Å². The summed E-state index contributed by atoms with van der Waals surface area (Å²) in [4.78, 5) is 24.5. The lowest BCUT2D eigenvalue weighted by Gasteiger charge is -2.24. The molecule has 1 aliphatic heterocycles. The number of hydrogen-bond acceptors (Lipinski definition) is 5. The zero-order valence-corrected chi connectivity index (χ0v) is 15.2. The van der Waals surface area contributed by atoms with Crippen molar-refractivity contribution in [3.63, 3.8) is 0 Å². The topological polar surface area (TPSA) is 58.1 Å². The van der Waals surface area contributed by atoms with Crippen molar-refractivity contribution in [3.8, 4) is 0 Å². The van der Waals surface area contributed by atoms with Gasteiger partial charge in [0.05, 0.1) is 12.2 Å². The fourth-order valence-corrected chi connectivity index (χ4v) is 4.92. The molecule has 1 N–H and O–H groups in total. The molecule has 6 heteroatoms. The van der Waals surface area contributed by atoms with E-state index in [-0.39, 0.29) is 11.9 Å². The van der Waals surface area contributed by atoms with Crippen LogP contribution in [-0.4, -0.2) is 33.4 Å². The Labute approximate surface area is 152 Å². The number of thiazole rings is 1. The number of carbonyl (C=O) groups is 1. The van der Waals surface area contributed by atoms with Gasteiger partial charge in [-0.3, -0.25) is 14.7 Å². The number of aromatic nitrogens is 2. The smallest absolute Gasteiger partial charge is 0.220 e. The number of rotatable bonds is 6. The highest BCUT2D eigenvalue weighted by atomic mass is 32.1. The zero-order chi connectivity index (χ0) is 17.1. The second kappa shape index (κ2) is 7.62. The summed E-state index contributed by atoms with van der Waals surface area (Å²) < 4.78 is 0. The number of amides is 1. The van der Waals surface area contributed by atoms with Crippen LogP contribution in [0.2, 0.25) is 0 Å². The first kappa shape index (κ1) is 16.7. The Morgan fingerprint density at radius 2 is 2.16 bits per heavy atom. The third-order valence-corrected chi connectivity index (χ3v) is 6.08. The van der Waals surface area contributed by atoms with Gasteiger partial charge in [-0.2, -0.15) is 0 Å². The van der Waals surface area contributed by atoms with Gasteiger partial charge in [0.25, 0.3) is 0 Å². The number of carbonyl (C=O) groups excluding carboxylic acids is 1. The predicted molar refractivity (Wildman–Crippen MR) is 98.3 cm³/mol. The minimum Gasteiger partial charge on any atom is -0.352 e. The molecule has 25 heavy (non-hydrogen) atoms. The van der Waals surface area contributed by atoms with Crippen molar-refractivity contribution in [1.82, 2.24) is 20.2 Å². The highest BCUT2D eigenvalue weighted by Gasteiger charge is 2.24. The van der Waals surface area contributed by atoms with Crippen molar-refractivity contribution >= 4 is 17.2 Å². The molecule has 0 unspecified atom stereocenters. The van der Waals surface area contributed by atoms with Crippen molar-refractivity contribution in [2.75, 3.05) is 6.54 Å². The molecule has 0 spiro atoms. The number of aryl methyl sites for hydroxylation is 2. The fourth-order valence-electron chi connectivity index (χ4n) is 3.73. The van der Waals surface area contributed by atoms with Gasteiger partial charge in [-0.15, -0.1) is 11.3 Å². The minimum atomic E-state index is 0.177. The monoisotopic (exact) mass is 356 g/mol. The molecular formula is C19H24N4OS. The number of hydrogen-bond donors (Lipinski definition) is 1. The van der Waals surface area contributed by atoms with Gasteiger partial charge in [-0.1, -0.05) is 6.07 Å². The van der Waals surface area contributed by atoms with Gasteiger partial charge in [0.1, 0.15) is 5.01 Å². The Balaban J connectivity index is 1.47. The number of fused-ring (bicyclic) bond motifs is 1. The molecule has 2 aliphatic rings. The van der Waals surface area contributed by atoms with Crippen LogP contribution in [0, 0.1) is 0 Å². The molecule has 4 rings (SSSR count). The SMILES string of the molecule is O=C1CC[C@@H](CN(Cc2cccnc2)Cc2nc3c(s2)CCCC3)N1. The maximum Gasteiger partial charge on any atom is 0.220 e. The van der Waals surface area contributed by atoms with Crippen LogP contribution in [-0.2, 0) is 30.7 Å². The number of nitrogens with one attached hydrogen (secondary N) is 1. The molecule has 1 saturated heterocycles. The molecule has 5 nitrogen and oxygen atoms in total. The van der Waals surface area contributed by atoms with Crippen LogP contribution in [0.1, 0.15) is 46.8 Å². The van der Waals surface area contributed by atoms with Gasteiger partial charge < -0.3 is 5.32 Å². The lowest BCUT2D eigenvalue weighted by molar-refractivity contribution is -0.119. The van der Waals surface area contributed by atoms with Crippen LogP contribution in [0.15, 0.2) is 24.5 Å². The normalized spacial score (nSPS) is 19.9. The van der Waals surface area contributed by atoms with E-state index in [1.165, 1.54) is 40.4 Å². The Hall–Kier alpha value is -1.79. The summed E-state index contributed by atoms with van der Waals surface area (Å²) in [5, 5.41) is 4.30. The van der Waals surface area contributed by atoms with Gasteiger partial charge in [-0.25, -0.2) is 4.98 Å². The molecular weight excluding hydrogens is 332 g/mol. The molecule has 132 valence electrons. The Kier molecular flexibility index (Phi) is 5.08. The van der Waals surface area contributed by atoms with E-state index in [0.717, 1.165) is 32.5 Å². The molecule has 0 radical (unpaired) electrons. The fraction of sp³-hybridized carbons (Fsp3) is 0.526. The quantitative estimate of drug-likeness (QED) is 0.865. The molecule has 2 aromatic rings. The average Bonchev–Trinajstić information content (AvgIpc) is 3.21. The summed E-state index contributed by atoms with van der Waals surface area (Å²) >= 11 is 1.88. The summed E-state index contributed by atoms with van der Waals surface area (Å²) in [6.45, 7) is 2.55. The number of nitrogens with zero attached hydrogens (tertiary/aromatic N) is 3. The molecule has 1 aliphatic carbocycles. The molecule has 3 heterocycles. The summed E-state index contributed by atoms with van der Waals surface area (Å²) in [6.07, 6.45) is 10.2. The summed E-state index contributed by atoms with van der Waals surface area (Å²) in [6, 6.07) is 4.34. The van der Waals surface area contributed by atoms with Gasteiger partial charge >= 0.3 is 0 Å². The molecule has 0 saturated carbocycles. The maximum atomic E-state index is 11.5. The standard InChI is InChI=1S/C19H24N4OS/c24-18-8-7-15(21-18)12-23(11-14-4-3-9-20-10-14)13-19-22-16-5-1-2-6-17(16)25-19/h3-4,9-10,15H,1-2,5-8,11-13H2,(H,21,24)/t15-/m0/s1. The average molecular weight is 356 g/mol. The van der Waals surface area contributed by atoms with Crippen molar-refractivity contribution in [2.45, 2.75) is 57.7 Å². The van der Waals surface area contributed by atoms with Crippen LogP contribution in [0.25, 0.3) is 0 Å². The summed E-state index contributed by atoms with van der Waals surface area (Å²) in [5.41, 5.74) is 2.52. The van der Waals surface area contributed by atoms with Crippen LogP contribution in [0.3, 0.4) is 0 Å². The maximum absolute atomic E-state index is 11.5. The van der Waals surface area contributed by atoms with Crippen LogP contribution in [0.5, 0.6) is 0 Å². The van der Waals surface area contributed by atoms with Crippen LogP contribution < -0.4 is 5.32 Å². The van der Waals surface area contributed by atoms with Crippen LogP contribution in [0.4, 0.5) is 0 Å². The van der Waals surface area contributed by atoms with E-state index in [9.17, 15) is 4.79 Å². The van der Waals surface area contributed by atoms with E-state index in [4.69, 9.17) is 4.98 Å². The van der Waals surface area contributed by atoms with E-state index < -0.39 is 0 Å². The van der Waals surface area contributed by atoms with Gasteiger partial charge in [-0.05, 0) is 43.7 Å². The van der Waals surface area contributed by atoms with Gasteiger partial charge in [0.15, 0.2) is 0 Å². The van der Waals surface area contributed by atoms with E-state index in [0.29, 0.717) is 6.42 Å². The summed E-state index contributed by atoms with van der Waals surface area (Å²) in [5.74, 6) is 0.177. The van der Waals surface area contributed by atoms with Gasteiger partial charge in [0.2, 0.25) is 5.91 Å². The lowest BCUT2D eigenvalue weighted by atomic mass is 10.0. The van der Waals surface area contributed by atoms with E-state index in [1.54, 1.807) is 6.20 Å². The highest BCUT2D eigenvalue weighted by molar-refractivity contribution is 7.11. The highest BCUT2D eigenvalue weighted by Crippen LogP contribution is 2.27. The zero-order valence-electron chi connectivity index (χ0n) is 14.4. The minimum absolute atomic E-state index is 0.177. The molecule has 0 aromatic carbocycles. The summed E-state index contributed by atoms with van der Waals surface area (Å²) in [7, 11) is 0. The van der Waals surface area contributed by atoms with Crippen molar-refractivity contribution < 1.29 is 4.79 Å². The first-order valence-electron chi connectivity index (χ1n) is 9.14. The molecule has 1 atom stereocenters. The largest absolute Gasteiger partial charge is 0.352 e. The first-order chi connectivity index (χ1) is 12.3. The van der Waals surface area contributed by atoms with Crippen molar-refractivity contribution in [2.24, 2.45) is 0 Å². The van der Waals surface area contributed by atoms with Gasteiger partial charge in [0, 0.05) is 42.8 Å². The molecule has 0 bridgehead atoms. The molecule has 2 aromatic heterocycles. The molecule has 1 fully saturated rings. The number of pyridine rings is 1. The Morgan fingerprint density at radius 1 is 1.24 bits per heavy atom. The second-order valence-electron chi connectivity index (χ2n) is 7.02. The second-order valence-corrected chi connectivity index (χ2v) is 8.19. The predicted octanol–water partition coefficient (Wildman–Crippen LogP) is 2.70. The Morgan fingerprint density at radius 3 is 2.92 bits per heavy atom. The lowest BCUT2D eigenvalue weighted by Crippen LogP contribution is -2.38. The Bertz CT molecular complexity index is 707. The van der Waals surface area contributed by atoms with Crippen LogP contribution >= 0.6 is 11.3 Å².